The molecule has 0 aliphatic carbocycles. The van der Waals surface area contributed by atoms with Gasteiger partial charge in [-0.05, 0) is 45.9 Å². The van der Waals surface area contributed by atoms with Gasteiger partial charge in [-0.25, -0.2) is 9.78 Å². The summed E-state index contributed by atoms with van der Waals surface area (Å²) < 4.78 is 5.20. The van der Waals surface area contributed by atoms with E-state index in [0.29, 0.717) is 5.69 Å². The number of carbonyl (C=O) groups is 1. The third-order valence-corrected chi connectivity index (χ3v) is 2.85. The van der Waals surface area contributed by atoms with Gasteiger partial charge in [-0.2, -0.15) is 0 Å². The molecule has 0 bridgehead atoms. The van der Waals surface area contributed by atoms with Gasteiger partial charge in [0, 0.05) is 5.39 Å². The smallest absolute Gasteiger partial charge is 0.412 e. The van der Waals surface area contributed by atoms with Crippen LogP contribution in [0.2, 0.25) is 5.15 Å². The van der Waals surface area contributed by atoms with Crippen LogP contribution < -0.4 is 5.32 Å². The predicted molar refractivity (Wildman–Crippen MR) is 81.3 cm³/mol. The molecule has 1 aromatic carbocycles. The Morgan fingerprint density at radius 1 is 1.30 bits per heavy atom. The topological polar surface area (TPSA) is 51.2 Å². The SMILES string of the molecule is Cc1ccc2nc(Cl)c(NC(=O)OC(C)(C)C)cc2c1. The Kier molecular flexibility index (Phi) is 3.86. The maximum absolute atomic E-state index is 11.8. The minimum atomic E-state index is -0.558. The van der Waals surface area contributed by atoms with Crippen LogP contribution in [0.3, 0.4) is 0 Å². The number of hydrogen-bond donors (Lipinski definition) is 1. The van der Waals surface area contributed by atoms with Crippen molar-refractivity contribution in [2.45, 2.75) is 33.3 Å². The molecule has 0 radical (unpaired) electrons. The number of benzene rings is 1. The number of pyridine rings is 1. The normalized spacial score (nSPS) is 11.4. The number of aromatic nitrogens is 1. The minimum absolute atomic E-state index is 0.243. The zero-order valence-corrected chi connectivity index (χ0v) is 12.7. The number of halogens is 1. The molecule has 2 aromatic rings. The Hall–Kier alpha value is -1.81. The standard InChI is InChI=1S/C15H17ClN2O2/c1-9-5-6-11-10(7-9)8-12(13(16)17-11)18-14(19)20-15(2,3)4/h5-8H,1-4H3,(H,18,19). The number of ether oxygens (including phenoxy) is 1. The van der Waals surface area contributed by atoms with E-state index in [1.54, 1.807) is 26.8 Å². The highest BCUT2D eigenvalue weighted by Crippen LogP contribution is 2.26. The van der Waals surface area contributed by atoms with Crippen molar-refractivity contribution in [2.24, 2.45) is 0 Å². The Balaban J connectivity index is 2.30. The summed E-state index contributed by atoms with van der Waals surface area (Å²) in [6.45, 7) is 7.40. The number of anilines is 1. The van der Waals surface area contributed by atoms with Crippen molar-refractivity contribution in [3.63, 3.8) is 0 Å². The molecule has 20 heavy (non-hydrogen) atoms. The number of hydrogen-bond acceptors (Lipinski definition) is 3. The van der Waals surface area contributed by atoms with Crippen molar-refractivity contribution in [1.82, 2.24) is 4.98 Å². The molecule has 0 aliphatic rings. The first-order valence-electron chi connectivity index (χ1n) is 6.31. The van der Waals surface area contributed by atoms with Gasteiger partial charge in [0.2, 0.25) is 0 Å². The number of fused-ring (bicyclic) bond motifs is 1. The fourth-order valence-electron chi connectivity index (χ4n) is 1.77. The zero-order chi connectivity index (χ0) is 14.9. The number of aryl methyl sites for hydroxylation is 1. The first-order valence-corrected chi connectivity index (χ1v) is 6.69. The lowest BCUT2D eigenvalue weighted by atomic mass is 10.1. The summed E-state index contributed by atoms with van der Waals surface area (Å²) in [6.07, 6.45) is -0.548. The van der Waals surface area contributed by atoms with E-state index in [1.165, 1.54) is 0 Å². The van der Waals surface area contributed by atoms with E-state index in [4.69, 9.17) is 16.3 Å². The Morgan fingerprint density at radius 2 is 2.00 bits per heavy atom. The fourth-order valence-corrected chi connectivity index (χ4v) is 1.97. The second kappa shape index (κ2) is 5.29. The summed E-state index contributed by atoms with van der Waals surface area (Å²) >= 11 is 6.08. The first kappa shape index (κ1) is 14.6. The zero-order valence-electron chi connectivity index (χ0n) is 12.0. The monoisotopic (exact) mass is 292 g/mol. The van der Waals surface area contributed by atoms with Crippen molar-refractivity contribution in [1.29, 1.82) is 0 Å². The van der Waals surface area contributed by atoms with Crippen molar-refractivity contribution in [3.05, 3.63) is 35.0 Å². The van der Waals surface area contributed by atoms with E-state index in [1.807, 2.05) is 25.1 Å². The van der Waals surface area contributed by atoms with Gasteiger partial charge in [0.05, 0.1) is 11.2 Å². The number of nitrogens with zero attached hydrogens (tertiary/aromatic N) is 1. The van der Waals surface area contributed by atoms with Crippen molar-refractivity contribution < 1.29 is 9.53 Å². The molecule has 0 saturated heterocycles. The highest BCUT2D eigenvalue weighted by atomic mass is 35.5. The summed E-state index contributed by atoms with van der Waals surface area (Å²) in [5.74, 6) is 0. The van der Waals surface area contributed by atoms with Crippen LogP contribution in [0.1, 0.15) is 26.3 Å². The molecule has 0 saturated carbocycles. The molecule has 0 aliphatic heterocycles. The largest absolute Gasteiger partial charge is 0.444 e. The molecule has 1 heterocycles. The van der Waals surface area contributed by atoms with Crippen LogP contribution in [0.25, 0.3) is 10.9 Å². The predicted octanol–water partition coefficient (Wildman–Crippen LogP) is 4.54. The Bertz CT molecular complexity index is 663. The van der Waals surface area contributed by atoms with Gasteiger partial charge in [-0.1, -0.05) is 23.2 Å². The maximum atomic E-state index is 11.8. The van der Waals surface area contributed by atoms with Gasteiger partial charge in [-0.15, -0.1) is 0 Å². The van der Waals surface area contributed by atoms with Crippen LogP contribution in [-0.4, -0.2) is 16.7 Å². The van der Waals surface area contributed by atoms with Crippen molar-refractivity contribution in [3.8, 4) is 0 Å². The highest BCUT2D eigenvalue weighted by Gasteiger charge is 2.17. The van der Waals surface area contributed by atoms with E-state index >= 15 is 0 Å². The van der Waals surface area contributed by atoms with E-state index < -0.39 is 11.7 Å². The molecule has 5 heteroatoms. The van der Waals surface area contributed by atoms with E-state index in [-0.39, 0.29) is 5.15 Å². The number of rotatable bonds is 1. The Morgan fingerprint density at radius 3 is 2.65 bits per heavy atom. The molecular formula is C15H17ClN2O2. The molecular weight excluding hydrogens is 276 g/mol. The van der Waals surface area contributed by atoms with Gasteiger partial charge in [0.15, 0.2) is 5.15 Å². The third-order valence-electron chi connectivity index (χ3n) is 2.56. The van der Waals surface area contributed by atoms with Gasteiger partial charge in [0.25, 0.3) is 0 Å². The average molecular weight is 293 g/mol. The van der Waals surface area contributed by atoms with Crippen LogP contribution in [0, 0.1) is 6.92 Å². The molecule has 1 aromatic heterocycles. The minimum Gasteiger partial charge on any atom is -0.444 e. The lowest BCUT2D eigenvalue weighted by Crippen LogP contribution is -2.27. The van der Waals surface area contributed by atoms with Crippen LogP contribution in [-0.2, 0) is 4.74 Å². The average Bonchev–Trinajstić information content (AvgIpc) is 2.28. The molecule has 106 valence electrons. The Labute approximate surface area is 123 Å². The maximum Gasteiger partial charge on any atom is 0.412 e. The van der Waals surface area contributed by atoms with Crippen LogP contribution in [0.15, 0.2) is 24.3 Å². The molecule has 0 fully saturated rings. The highest BCUT2D eigenvalue weighted by molar-refractivity contribution is 6.33. The van der Waals surface area contributed by atoms with Gasteiger partial charge in [-0.3, -0.25) is 5.32 Å². The van der Waals surface area contributed by atoms with Crippen LogP contribution in [0.4, 0.5) is 10.5 Å². The fraction of sp³-hybridized carbons (Fsp3) is 0.333. The summed E-state index contributed by atoms with van der Waals surface area (Å²) in [4.78, 5) is 16.0. The van der Waals surface area contributed by atoms with Crippen molar-refractivity contribution >= 4 is 34.3 Å². The van der Waals surface area contributed by atoms with E-state index in [9.17, 15) is 4.79 Å². The molecule has 0 spiro atoms. The molecule has 1 amide bonds. The summed E-state index contributed by atoms with van der Waals surface area (Å²) in [5.41, 5.74) is 1.79. The first-order chi connectivity index (χ1) is 9.24. The summed E-state index contributed by atoms with van der Waals surface area (Å²) in [7, 11) is 0. The third kappa shape index (κ3) is 3.61. The van der Waals surface area contributed by atoms with E-state index in [0.717, 1.165) is 16.5 Å². The van der Waals surface area contributed by atoms with Crippen molar-refractivity contribution in [2.75, 3.05) is 5.32 Å². The molecule has 4 nitrogen and oxygen atoms in total. The second-order valence-corrected chi connectivity index (χ2v) is 6.01. The number of amides is 1. The number of carbonyl (C=O) groups excluding carboxylic acids is 1. The van der Waals surface area contributed by atoms with Gasteiger partial charge < -0.3 is 4.74 Å². The molecule has 2 rings (SSSR count). The second-order valence-electron chi connectivity index (χ2n) is 5.65. The summed E-state index contributed by atoms with van der Waals surface area (Å²) in [5, 5.41) is 3.78. The quantitative estimate of drug-likeness (QED) is 0.785. The number of nitrogens with one attached hydrogen (secondary N) is 1. The van der Waals surface area contributed by atoms with Gasteiger partial charge in [0.1, 0.15) is 5.60 Å². The van der Waals surface area contributed by atoms with Crippen LogP contribution in [0.5, 0.6) is 0 Å². The van der Waals surface area contributed by atoms with Crippen LogP contribution >= 0.6 is 11.6 Å². The lowest BCUT2D eigenvalue weighted by molar-refractivity contribution is 0.0636. The lowest BCUT2D eigenvalue weighted by Gasteiger charge is -2.20. The van der Waals surface area contributed by atoms with Gasteiger partial charge >= 0.3 is 6.09 Å². The molecule has 1 N–H and O–H groups in total. The molecule has 0 atom stereocenters. The summed E-state index contributed by atoms with van der Waals surface area (Å²) in [6, 6.07) is 7.64. The molecule has 0 unspecified atom stereocenters. The van der Waals surface area contributed by atoms with E-state index in [2.05, 4.69) is 10.3 Å².